The summed E-state index contributed by atoms with van der Waals surface area (Å²) in [4.78, 5) is 13.7. The van der Waals surface area contributed by atoms with E-state index in [1.807, 2.05) is 12.3 Å². The van der Waals surface area contributed by atoms with Crippen LogP contribution in [-0.2, 0) is 11.2 Å². The first-order valence-corrected chi connectivity index (χ1v) is 4.98. The van der Waals surface area contributed by atoms with Crippen LogP contribution in [0.5, 0.6) is 0 Å². The first kappa shape index (κ1) is 9.93. The third-order valence-corrected chi connectivity index (χ3v) is 2.55. The third-order valence-electron chi connectivity index (χ3n) is 2.55. The Balaban J connectivity index is 2.43. The molecular formula is C12H14N2O. The summed E-state index contributed by atoms with van der Waals surface area (Å²) in [5.74, 6) is 0. The number of aromatic nitrogens is 1. The molecule has 3 N–H and O–H groups in total. The molecule has 0 bridgehead atoms. The van der Waals surface area contributed by atoms with Crippen LogP contribution in [0.4, 0.5) is 0 Å². The van der Waals surface area contributed by atoms with Crippen LogP contribution in [0.2, 0.25) is 0 Å². The van der Waals surface area contributed by atoms with Gasteiger partial charge in [-0.15, -0.1) is 0 Å². The van der Waals surface area contributed by atoms with Crippen molar-refractivity contribution in [3.05, 3.63) is 35.5 Å². The van der Waals surface area contributed by atoms with Gasteiger partial charge in [0.2, 0.25) is 0 Å². The molecule has 2 aromatic rings. The standard InChI is InChI=1S/C12H14N2O/c1-8-2-3-12-11(4-8)9(6-14-12)5-10(13)7-15/h2-4,6-7,10,14H,5,13H2,1H3/t10-/m1/s1. The Kier molecular flexibility index (Phi) is 2.56. The molecule has 0 fully saturated rings. The van der Waals surface area contributed by atoms with E-state index < -0.39 is 6.04 Å². The quantitative estimate of drug-likeness (QED) is 0.742. The highest BCUT2D eigenvalue weighted by atomic mass is 16.1. The van der Waals surface area contributed by atoms with E-state index in [-0.39, 0.29) is 0 Å². The van der Waals surface area contributed by atoms with Crippen molar-refractivity contribution >= 4 is 17.2 Å². The first-order valence-electron chi connectivity index (χ1n) is 4.98. The summed E-state index contributed by atoms with van der Waals surface area (Å²) < 4.78 is 0. The minimum atomic E-state index is -0.412. The molecule has 3 heteroatoms. The van der Waals surface area contributed by atoms with Crippen molar-refractivity contribution in [2.24, 2.45) is 5.73 Å². The fraction of sp³-hybridized carbons (Fsp3) is 0.250. The van der Waals surface area contributed by atoms with Gasteiger partial charge in [0.25, 0.3) is 0 Å². The van der Waals surface area contributed by atoms with Crippen LogP contribution in [0.1, 0.15) is 11.1 Å². The summed E-state index contributed by atoms with van der Waals surface area (Å²) in [6.07, 6.45) is 3.30. The average molecular weight is 202 g/mol. The van der Waals surface area contributed by atoms with Crippen LogP contribution >= 0.6 is 0 Å². The van der Waals surface area contributed by atoms with E-state index in [0.29, 0.717) is 6.42 Å². The molecule has 0 radical (unpaired) electrons. The number of aromatic amines is 1. The molecule has 0 aliphatic heterocycles. The minimum absolute atomic E-state index is 0.412. The van der Waals surface area contributed by atoms with Crippen LogP contribution in [0, 0.1) is 6.92 Å². The maximum Gasteiger partial charge on any atom is 0.137 e. The van der Waals surface area contributed by atoms with Crippen LogP contribution in [-0.4, -0.2) is 17.3 Å². The van der Waals surface area contributed by atoms with E-state index in [2.05, 4.69) is 24.0 Å². The van der Waals surface area contributed by atoms with Crippen molar-refractivity contribution in [2.45, 2.75) is 19.4 Å². The van der Waals surface area contributed by atoms with Gasteiger partial charge in [0, 0.05) is 17.1 Å². The molecule has 1 atom stereocenters. The Bertz CT molecular complexity index is 487. The number of nitrogens with two attached hydrogens (primary N) is 1. The van der Waals surface area contributed by atoms with Crippen LogP contribution in [0.3, 0.4) is 0 Å². The minimum Gasteiger partial charge on any atom is -0.361 e. The van der Waals surface area contributed by atoms with Gasteiger partial charge in [-0.25, -0.2) is 0 Å². The maximum atomic E-state index is 10.5. The Labute approximate surface area is 88.3 Å². The van der Waals surface area contributed by atoms with Crippen molar-refractivity contribution in [3.8, 4) is 0 Å². The number of aryl methyl sites for hydroxylation is 1. The number of hydrogen-bond donors (Lipinski definition) is 2. The smallest absolute Gasteiger partial charge is 0.137 e. The number of rotatable bonds is 3. The molecule has 78 valence electrons. The topological polar surface area (TPSA) is 58.9 Å². The predicted molar refractivity (Wildman–Crippen MR) is 60.8 cm³/mol. The molecule has 15 heavy (non-hydrogen) atoms. The lowest BCUT2D eigenvalue weighted by Gasteiger charge is -2.02. The molecule has 1 heterocycles. The fourth-order valence-electron chi connectivity index (χ4n) is 1.76. The highest BCUT2D eigenvalue weighted by Gasteiger charge is 2.07. The second-order valence-corrected chi connectivity index (χ2v) is 3.87. The summed E-state index contributed by atoms with van der Waals surface area (Å²) in [6.45, 7) is 2.05. The lowest BCUT2D eigenvalue weighted by atomic mass is 10.0. The fourth-order valence-corrected chi connectivity index (χ4v) is 1.76. The summed E-state index contributed by atoms with van der Waals surface area (Å²) >= 11 is 0. The zero-order valence-electron chi connectivity index (χ0n) is 8.66. The van der Waals surface area contributed by atoms with Gasteiger partial charge >= 0.3 is 0 Å². The van der Waals surface area contributed by atoms with Crippen molar-refractivity contribution in [2.75, 3.05) is 0 Å². The Morgan fingerprint density at radius 3 is 3.07 bits per heavy atom. The second-order valence-electron chi connectivity index (χ2n) is 3.87. The van der Waals surface area contributed by atoms with Crippen LogP contribution in [0.25, 0.3) is 10.9 Å². The summed E-state index contributed by atoms with van der Waals surface area (Å²) in [5, 5.41) is 1.16. The number of fused-ring (bicyclic) bond motifs is 1. The van der Waals surface area contributed by atoms with Crippen LogP contribution in [0.15, 0.2) is 24.4 Å². The average Bonchev–Trinajstić information content (AvgIpc) is 2.61. The molecule has 0 saturated carbocycles. The number of nitrogens with one attached hydrogen (secondary N) is 1. The van der Waals surface area contributed by atoms with Gasteiger partial charge in [0.05, 0.1) is 6.04 Å². The lowest BCUT2D eigenvalue weighted by Crippen LogP contribution is -2.23. The first-order chi connectivity index (χ1) is 7.20. The van der Waals surface area contributed by atoms with Crippen molar-refractivity contribution in [3.63, 3.8) is 0 Å². The number of H-pyrrole nitrogens is 1. The molecule has 0 saturated heterocycles. The molecule has 0 spiro atoms. The molecule has 0 aliphatic rings. The highest BCUT2D eigenvalue weighted by molar-refractivity contribution is 5.84. The van der Waals surface area contributed by atoms with Crippen molar-refractivity contribution < 1.29 is 4.79 Å². The van der Waals surface area contributed by atoms with Crippen LogP contribution < -0.4 is 5.73 Å². The van der Waals surface area contributed by atoms with E-state index in [0.717, 1.165) is 22.8 Å². The molecule has 0 amide bonds. The summed E-state index contributed by atoms with van der Waals surface area (Å²) in [7, 11) is 0. The molecule has 3 nitrogen and oxygen atoms in total. The number of benzene rings is 1. The predicted octanol–water partition coefficient (Wildman–Crippen LogP) is 1.55. The van der Waals surface area contributed by atoms with E-state index in [9.17, 15) is 4.79 Å². The zero-order chi connectivity index (χ0) is 10.8. The third kappa shape index (κ3) is 1.92. The number of hydrogen-bond acceptors (Lipinski definition) is 2. The molecule has 1 aromatic heterocycles. The molecular weight excluding hydrogens is 188 g/mol. The van der Waals surface area contributed by atoms with E-state index in [1.54, 1.807) is 0 Å². The Morgan fingerprint density at radius 1 is 1.53 bits per heavy atom. The SMILES string of the molecule is Cc1ccc2[nH]cc(C[C@@H](N)C=O)c2c1. The maximum absolute atomic E-state index is 10.5. The van der Waals surface area contributed by atoms with Gasteiger partial charge in [0.1, 0.15) is 6.29 Å². The van der Waals surface area contributed by atoms with Crippen molar-refractivity contribution in [1.29, 1.82) is 0 Å². The van der Waals surface area contributed by atoms with Gasteiger partial charge < -0.3 is 15.5 Å². The normalized spacial score (nSPS) is 12.9. The van der Waals surface area contributed by atoms with Gasteiger partial charge in [-0.2, -0.15) is 0 Å². The van der Waals surface area contributed by atoms with Gasteiger partial charge in [-0.3, -0.25) is 0 Å². The Morgan fingerprint density at radius 2 is 2.33 bits per heavy atom. The zero-order valence-corrected chi connectivity index (χ0v) is 8.66. The number of carbonyl (C=O) groups is 1. The Hall–Kier alpha value is -1.61. The van der Waals surface area contributed by atoms with E-state index >= 15 is 0 Å². The lowest BCUT2D eigenvalue weighted by molar-refractivity contribution is -0.108. The highest BCUT2D eigenvalue weighted by Crippen LogP contribution is 2.20. The van der Waals surface area contributed by atoms with Gasteiger partial charge in [0.15, 0.2) is 0 Å². The molecule has 0 aliphatic carbocycles. The van der Waals surface area contributed by atoms with Crippen molar-refractivity contribution in [1.82, 2.24) is 4.98 Å². The van der Waals surface area contributed by atoms with Gasteiger partial charge in [-0.1, -0.05) is 11.6 Å². The second kappa shape index (κ2) is 3.87. The van der Waals surface area contributed by atoms with E-state index in [1.165, 1.54) is 5.56 Å². The molecule has 0 unspecified atom stereocenters. The molecule has 1 aromatic carbocycles. The van der Waals surface area contributed by atoms with E-state index in [4.69, 9.17) is 5.73 Å². The summed E-state index contributed by atoms with van der Waals surface area (Å²) in [6, 6.07) is 5.80. The monoisotopic (exact) mass is 202 g/mol. The number of carbonyl (C=O) groups excluding carboxylic acids is 1. The number of aldehydes is 1. The largest absolute Gasteiger partial charge is 0.361 e. The molecule has 2 rings (SSSR count). The van der Waals surface area contributed by atoms with Gasteiger partial charge in [-0.05, 0) is 31.0 Å². The summed E-state index contributed by atoms with van der Waals surface area (Å²) in [5.41, 5.74) is 9.02.